The van der Waals surface area contributed by atoms with Gasteiger partial charge < -0.3 is 10.2 Å². The normalized spacial score (nSPS) is 16.0. The van der Waals surface area contributed by atoms with Gasteiger partial charge in [0.25, 0.3) is 17.7 Å². The molecule has 2 aliphatic rings. The summed E-state index contributed by atoms with van der Waals surface area (Å²) < 4.78 is 0. The number of benzene rings is 2. The van der Waals surface area contributed by atoms with Crippen LogP contribution >= 0.6 is 0 Å². The predicted molar refractivity (Wildman–Crippen MR) is 120 cm³/mol. The average Bonchev–Trinajstić information content (AvgIpc) is 2.99. The quantitative estimate of drug-likeness (QED) is 0.704. The van der Waals surface area contributed by atoms with E-state index in [0.717, 1.165) is 38.8 Å². The van der Waals surface area contributed by atoms with E-state index in [-0.39, 0.29) is 36.6 Å². The maximum absolute atomic E-state index is 13.0. The van der Waals surface area contributed by atoms with Crippen LogP contribution in [0.1, 0.15) is 69.6 Å². The van der Waals surface area contributed by atoms with Crippen molar-refractivity contribution in [2.24, 2.45) is 0 Å². The molecule has 4 rings (SSSR count). The fourth-order valence-electron chi connectivity index (χ4n) is 4.28. The highest BCUT2D eigenvalue weighted by atomic mass is 16.2. The lowest BCUT2D eigenvalue weighted by Gasteiger charge is -2.22. The van der Waals surface area contributed by atoms with Crippen molar-refractivity contribution < 1.29 is 19.2 Å². The number of imide groups is 1. The van der Waals surface area contributed by atoms with Gasteiger partial charge in [-0.2, -0.15) is 0 Å². The van der Waals surface area contributed by atoms with E-state index in [1.54, 1.807) is 48.5 Å². The maximum Gasteiger partial charge on any atom is 0.261 e. The van der Waals surface area contributed by atoms with Crippen molar-refractivity contribution in [1.82, 2.24) is 9.80 Å². The molecule has 0 bridgehead atoms. The van der Waals surface area contributed by atoms with Crippen LogP contribution in [0.5, 0.6) is 0 Å². The Kier molecular flexibility index (Phi) is 6.63. The number of nitrogens with zero attached hydrogens (tertiary/aromatic N) is 2. The van der Waals surface area contributed by atoms with Crippen LogP contribution in [0.2, 0.25) is 0 Å². The number of carbonyl (C=O) groups is 4. The van der Waals surface area contributed by atoms with Gasteiger partial charge in [-0.15, -0.1) is 0 Å². The van der Waals surface area contributed by atoms with Gasteiger partial charge in [-0.1, -0.05) is 37.1 Å². The molecule has 2 heterocycles. The summed E-state index contributed by atoms with van der Waals surface area (Å²) in [5, 5.41) is 2.84. The van der Waals surface area contributed by atoms with E-state index in [1.807, 2.05) is 4.90 Å². The van der Waals surface area contributed by atoms with E-state index in [1.165, 1.54) is 4.90 Å². The number of nitrogens with one attached hydrogen (secondary N) is 1. The Bertz CT molecular complexity index is 1010. The van der Waals surface area contributed by atoms with E-state index >= 15 is 0 Å². The van der Waals surface area contributed by atoms with Crippen molar-refractivity contribution in [3.8, 4) is 0 Å². The second kappa shape index (κ2) is 9.77. The first-order valence-corrected chi connectivity index (χ1v) is 11.2. The predicted octanol–water partition coefficient (Wildman–Crippen LogP) is 3.72. The molecule has 0 spiro atoms. The van der Waals surface area contributed by atoms with Crippen LogP contribution in [0.3, 0.4) is 0 Å². The highest BCUT2D eigenvalue weighted by molar-refractivity contribution is 6.21. The minimum Gasteiger partial charge on any atom is -0.339 e. The molecule has 0 unspecified atom stereocenters. The Hall–Kier alpha value is -3.48. The summed E-state index contributed by atoms with van der Waals surface area (Å²) in [6, 6.07) is 13.8. The van der Waals surface area contributed by atoms with Gasteiger partial charge in [0.15, 0.2) is 0 Å². The summed E-state index contributed by atoms with van der Waals surface area (Å²) in [6.45, 7) is 1.65. The Morgan fingerprint density at radius 3 is 2.06 bits per heavy atom. The van der Waals surface area contributed by atoms with Crippen LogP contribution < -0.4 is 5.32 Å². The van der Waals surface area contributed by atoms with E-state index in [4.69, 9.17) is 0 Å². The van der Waals surface area contributed by atoms with Crippen molar-refractivity contribution in [2.75, 3.05) is 25.0 Å². The lowest BCUT2D eigenvalue weighted by atomic mass is 10.1. The van der Waals surface area contributed by atoms with Crippen molar-refractivity contribution in [3.63, 3.8) is 0 Å². The molecule has 1 fully saturated rings. The highest BCUT2D eigenvalue weighted by Crippen LogP contribution is 2.23. The monoisotopic (exact) mass is 433 g/mol. The number of amides is 4. The van der Waals surface area contributed by atoms with Gasteiger partial charge in [0.1, 0.15) is 0 Å². The smallest absolute Gasteiger partial charge is 0.261 e. The molecule has 2 aromatic carbocycles. The SMILES string of the molecule is O=C(CCCN1C(=O)c2ccccc2C1=O)Nc1ccccc1C(=O)N1CCCCCC1. The minimum atomic E-state index is -0.320. The third-order valence-corrected chi connectivity index (χ3v) is 5.99. The topological polar surface area (TPSA) is 86.8 Å². The second-order valence-corrected chi connectivity index (χ2v) is 8.21. The van der Waals surface area contributed by atoms with E-state index in [0.29, 0.717) is 28.8 Å². The van der Waals surface area contributed by atoms with Gasteiger partial charge in [-0.25, -0.2) is 0 Å². The molecule has 1 saturated heterocycles. The fourth-order valence-corrected chi connectivity index (χ4v) is 4.28. The van der Waals surface area contributed by atoms with Crippen LogP contribution in [0, 0.1) is 0 Å². The number of carbonyl (C=O) groups excluding carboxylic acids is 4. The third kappa shape index (κ3) is 4.56. The zero-order chi connectivity index (χ0) is 22.5. The van der Waals surface area contributed by atoms with Crippen LogP contribution in [0.25, 0.3) is 0 Å². The largest absolute Gasteiger partial charge is 0.339 e. The average molecular weight is 434 g/mol. The molecule has 0 atom stereocenters. The molecular weight excluding hydrogens is 406 g/mol. The van der Waals surface area contributed by atoms with Crippen molar-refractivity contribution in [3.05, 3.63) is 65.2 Å². The van der Waals surface area contributed by atoms with E-state index < -0.39 is 0 Å². The molecule has 32 heavy (non-hydrogen) atoms. The van der Waals surface area contributed by atoms with Gasteiger partial charge >= 0.3 is 0 Å². The van der Waals surface area contributed by atoms with Gasteiger partial charge in [0.05, 0.1) is 22.4 Å². The Labute approximate surface area is 187 Å². The molecule has 1 N–H and O–H groups in total. The van der Waals surface area contributed by atoms with Gasteiger partial charge in [-0.3, -0.25) is 24.1 Å². The van der Waals surface area contributed by atoms with Crippen molar-refractivity contribution >= 4 is 29.3 Å². The molecule has 2 aliphatic heterocycles. The second-order valence-electron chi connectivity index (χ2n) is 8.21. The first-order valence-electron chi connectivity index (χ1n) is 11.2. The lowest BCUT2D eigenvalue weighted by Crippen LogP contribution is -2.33. The number of likely N-dealkylation sites (tertiary alicyclic amines) is 1. The van der Waals surface area contributed by atoms with Gasteiger partial charge in [0.2, 0.25) is 5.91 Å². The number of anilines is 1. The van der Waals surface area contributed by atoms with Crippen LogP contribution in [-0.4, -0.2) is 53.1 Å². The number of hydrogen-bond acceptors (Lipinski definition) is 4. The minimum absolute atomic E-state index is 0.0613. The first kappa shape index (κ1) is 21.7. The zero-order valence-corrected chi connectivity index (χ0v) is 18.0. The van der Waals surface area contributed by atoms with Crippen molar-refractivity contribution in [1.29, 1.82) is 0 Å². The molecule has 7 nitrogen and oxygen atoms in total. The first-order chi connectivity index (χ1) is 15.6. The number of hydrogen-bond donors (Lipinski definition) is 1. The number of fused-ring (bicyclic) bond motifs is 1. The number of rotatable bonds is 6. The standard InChI is InChI=1S/C25H27N3O4/c29-22(14-9-17-28-24(31)18-10-3-4-11-19(18)25(28)32)26-21-13-6-5-12-20(21)23(30)27-15-7-1-2-8-16-27/h3-6,10-13H,1-2,7-9,14-17H2,(H,26,29). The van der Waals surface area contributed by atoms with E-state index in [9.17, 15) is 19.2 Å². The molecular formula is C25H27N3O4. The maximum atomic E-state index is 13.0. The molecule has 2 aromatic rings. The fraction of sp³-hybridized carbons (Fsp3) is 0.360. The molecule has 0 aromatic heterocycles. The number of para-hydroxylation sites is 1. The van der Waals surface area contributed by atoms with E-state index in [2.05, 4.69) is 5.32 Å². The van der Waals surface area contributed by atoms with Crippen LogP contribution in [0.4, 0.5) is 5.69 Å². The van der Waals surface area contributed by atoms with Crippen molar-refractivity contribution in [2.45, 2.75) is 38.5 Å². The summed E-state index contributed by atoms with van der Waals surface area (Å²) in [6.07, 6.45) is 4.75. The van der Waals surface area contributed by atoms with Gasteiger partial charge in [0, 0.05) is 26.1 Å². The summed E-state index contributed by atoms with van der Waals surface area (Å²) in [7, 11) is 0. The van der Waals surface area contributed by atoms with Crippen LogP contribution in [0.15, 0.2) is 48.5 Å². The summed E-state index contributed by atoms with van der Waals surface area (Å²) >= 11 is 0. The summed E-state index contributed by atoms with van der Waals surface area (Å²) in [5.41, 5.74) is 1.79. The highest BCUT2D eigenvalue weighted by Gasteiger charge is 2.34. The Balaban J connectivity index is 1.34. The third-order valence-electron chi connectivity index (χ3n) is 5.99. The molecule has 0 aliphatic carbocycles. The lowest BCUT2D eigenvalue weighted by molar-refractivity contribution is -0.116. The van der Waals surface area contributed by atoms with Crippen LogP contribution in [-0.2, 0) is 4.79 Å². The molecule has 4 amide bonds. The molecule has 7 heteroatoms. The Morgan fingerprint density at radius 1 is 0.812 bits per heavy atom. The molecule has 166 valence electrons. The van der Waals surface area contributed by atoms with Gasteiger partial charge in [-0.05, 0) is 43.5 Å². The zero-order valence-electron chi connectivity index (χ0n) is 18.0. The Morgan fingerprint density at radius 2 is 1.41 bits per heavy atom. The summed E-state index contributed by atoms with van der Waals surface area (Å²) in [4.78, 5) is 53.5. The molecule has 0 radical (unpaired) electrons. The molecule has 0 saturated carbocycles. The summed E-state index contributed by atoms with van der Waals surface area (Å²) in [5.74, 6) is -0.953.